The molecule has 1 fully saturated rings. The SMILES string of the molecule is Cc1nc(NC2CCCC2)[nH]c(=O)c1Cc1ccc(Cl)cc1. The van der Waals surface area contributed by atoms with E-state index in [1.807, 2.05) is 31.2 Å². The highest BCUT2D eigenvalue weighted by Gasteiger charge is 2.16. The predicted octanol–water partition coefficient (Wildman–Crippen LogP) is 3.68. The number of aryl methyl sites for hydroxylation is 1. The Morgan fingerprint density at radius 2 is 1.95 bits per heavy atom. The zero-order valence-electron chi connectivity index (χ0n) is 12.7. The van der Waals surface area contributed by atoms with Crippen LogP contribution in [0.15, 0.2) is 29.1 Å². The fourth-order valence-electron chi connectivity index (χ4n) is 2.96. The van der Waals surface area contributed by atoms with Gasteiger partial charge in [-0.2, -0.15) is 0 Å². The lowest BCUT2D eigenvalue weighted by Crippen LogP contribution is -2.23. The van der Waals surface area contributed by atoms with Crippen molar-refractivity contribution in [3.63, 3.8) is 0 Å². The van der Waals surface area contributed by atoms with E-state index in [1.54, 1.807) is 0 Å². The molecule has 0 bridgehead atoms. The van der Waals surface area contributed by atoms with Crippen molar-refractivity contribution in [1.29, 1.82) is 0 Å². The molecule has 1 aromatic heterocycles. The van der Waals surface area contributed by atoms with Crippen molar-refractivity contribution in [1.82, 2.24) is 9.97 Å². The summed E-state index contributed by atoms with van der Waals surface area (Å²) in [7, 11) is 0. The Bertz CT molecular complexity index is 703. The molecule has 1 aliphatic carbocycles. The first-order chi connectivity index (χ1) is 10.6. The summed E-state index contributed by atoms with van der Waals surface area (Å²) in [5, 5.41) is 4.03. The van der Waals surface area contributed by atoms with Crippen molar-refractivity contribution in [2.45, 2.75) is 45.1 Å². The van der Waals surface area contributed by atoms with Crippen molar-refractivity contribution in [2.75, 3.05) is 5.32 Å². The highest BCUT2D eigenvalue weighted by Crippen LogP contribution is 2.21. The molecule has 1 aliphatic rings. The van der Waals surface area contributed by atoms with E-state index in [9.17, 15) is 4.79 Å². The van der Waals surface area contributed by atoms with Gasteiger partial charge in [0.1, 0.15) is 0 Å². The predicted molar refractivity (Wildman–Crippen MR) is 89.7 cm³/mol. The molecular formula is C17H20ClN3O. The third kappa shape index (κ3) is 3.50. The topological polar surface area (TPSA) is 57.8 Å². The number of aromatic amines is 1. The molecule has 2 aromatic rings. The molecule has 116 valence electrons. The number of nitrogens with one attached hydrogen (secondary N) is 2. The van der Waals surface area contributed by atoms with E-state index < -0.39 is 0 Å². The second-order valence-corrected chi connectivity index (χ2v) is 6.34. The summed E-state index contributed by atoms with van der Waals surface area (Å²) in [4.78, 5) is 19.7. The molecule has 4 nitrogen and oxygen atoms in total. The lowest BCUT2D eigenvalue weighted by atomic mass is 10.1. The molecule has 1 saturated carbocycles. The Kier molecular flexibility index (Phi) is 4.48. The summed E-state index contributed by atoms with van der Waals surface area (Å²) in [5.41, 5.74) is 2.47. The van der Waals surface area contributed by atoms with Crippen LogP contribution < -0.4 is 10.9 Å². The Labute approximate surface area is 134 Å². The van der Waals surface area contributed by atoms with E-state index in [-0.39, 0.29) is 5.56 Å². The molecule has 1 heterocycles. The Morgan fingerprint density at radius 3 is 2.59 bits per heavy atom. The standard InChI is InChI=1S/C17H20ClN3O/c1-11-15(10-12-6-8-13(18)9-7-12)16(22)21-17(19-11)20-14-4-2-3-5-14/h6-9,14H,2-5,10H2,1H3,(H2,19,20,21,22). The van der Waals surface area contributed by atoms with Crippen LogP contribution in [-0.2, 0) is 6.42 Å². The number of aromatic nitrogens is 2. The summed E-state index contributed by atoms with van der Waals surface area (Å²) < 4.78 is 0. The summed E-state index contributed by atoms with van der Waals surface area (Å²) in [6.07, 6.45) is 5.35. The molecule has 22 heavy (non-hydrogen) atoms. The van der Waals surface area contributed by atoms with Crippen LogP contribution in [0.2, 0.25) is 5.02 Å². The quantitative estimate of drug-likeness (QED) is 0.904. The minimum absolute atomic E-state index is 0.0667. The first kappa shape index (κ1) is 15.1. The maximum atomic E-state index is 12.3. The van der Waals surface area contributed by atoms with Gasteiger partial charge in [-0.1, -0.05) is 36.6 Å². The number of hydrogen-bond donors (Lipinski definition) is 2. The first-order valence-electron chi connectivity index (χ1n) is 7.72. The van der Waals surface area contributed by atoms with Gasteiger partial charge in [0.05, 0.1) is 5.69 Å². The van der Waals surface area contributed by atoms with Gasteiger partial charge in [0.25, 0.3) is 5.56 Å². The van der Waals surface area contributed by atoms with Crippen LogP contribution in [0.3, 0.4) is 0 Å². The Morgan fingerprint density at radius 1 is 1.27 bits per heavy atom. The molecule has 0 saturated heterocycles. The minimum atomic E-state index is -0.0667. The molecule has 0 atom stereocenters. The third-order valence-corrected chi connectivity index (χ3v) is 4.46. The number of rotatable bonds is 4. The van der Waals surface area contributed by atoms with Gasteiger partial charge in [0.15, 0.2) is 0 Å². The molecule has 2 N–H and O–H groups in total. The Balaban J connectivity index is 1.80. The minimum Gasteiger partial charge on any atom is -0.353 e. The lowest BCUT2D eigenvalue weighted by Gasteiger charge is -2.13. The van der Waals surface area contributed by atoms with Gasteiger partial charge in [-0.15, -0.1) is 0 Å². The fraction of sp³-hybridized carbons (Fsp3) is 0.412. The lowest BCUT2D eigenvalue weighted by molar-refractivity contribution is 0.740. The molecule has 0 spiro atoms. The van der Waals surface area contributed by atoms with Gasteiger partial charge in [-0.3, -0.25) is 9.78 Å². The molecule has 0 aliphatic heterocycles. The number of hydrogen-bond acceptors (Lipinski definition) is 3. The average Bonchev–Trinajstić information content (AvgIpc) is 2.98. The maximum absolute atomic E-state index is 12.3. The Hall–Kier alpha value is -1.81. The normalized spacial score (nSPS) is 15.2. The highest BCUT2D eigenvalue weighted by atomic mass is 35.5. The number of anilines is 1. The molecule has 5 heteroatoms. The molecule has 0 radical (unpaired) electrons. The number of H-pyrrole nitrogens is 1. The van der Waals surface area contributed by atoms with Crippen LogP contribution in [0.4, 0.5) is 5.95 Å². The van der Waals surface area contributed by atoms with Crippen molar-refractivity contribution >= 4 is 17.5 Å². The van der Waals surface area contributed by atoms with Crippen LogP contribution in [0.5, 0.6) is 0 Å². The van der Waals surface area contributed by atoms with Gasteiger partial charge in [0, 0.05) is 23.0 Å². The van der Waals surface area contributed by atoms with E-state index >= 15 is 0 Å². The fourth-order valence-corrected chi connectivity index (χ4v) is 3.08. The van der Waals surface area contributed by atoms with E-state index in [2.05, 4.69) is 15.3 Å². The van der Waals surface area contributed by atoms with Gasteiger partial charge in [-0.25, -0.2) is 4.98 Å². The van der Waals surface area contributed by atoms with E-state index in [0.29, 0.717) is 29.0 Å². The summed E-state index contributed by atoms with van der Waals surface area (Å²) >= 11 is 5.89. The second kappa shape index (κ2) is 6.53. The van der Waals surface area contributed by atoms with Gasteiger partial charge in [0.2, 0.25) is 5.95 Å². The van der Waals surface area contributed by atoms with Crippen molar-refractivity contribution in [3.8, 4) is 0 Å². The van der Waals surface area contributed by atoms with E-state index in [0.717, 1.165) is 24.1 Å². The number of benzene rings is 1. The first-order valence-corrected chi connectivity index (χ1v) is 8.10. The van der Waals surface area contributed by atoms with Crippen LogP contribution in [0, 0.1) is 6.92 Å². The number of halogens is 1. The van der Waals surface area contributed by atoms with E-state index in [4.69, 9.17) is 11.6 Å². The smallest absolute Gasteiger partial charge is 0.256 e. The van der Waals surface area contributed by atoms with Gasteiger partial charge < -0.3 is 5.32 Å². The number of nitrogens with zero attached hydrogens (tertiary/aromatic N) is 1. The van der Waals surface area contributed by atoms with E-state index in [1.165, 1.54) is 12.8 Å². The largest absolute Gasteiger partial charge is 0.353 e. The third-order valence-electron chi connectivity index (χ3n) is 4.21. The highest BCUT2D eigenvalue weighted by molar-refractivity contribution is 6.30. The van der Waals surface area contributed by atoms with Crippen molar-refractivity contribution in [2.24, 2.45) is 0 Å². The van der Waals surface area contributed by atoms with Gasteiger partial charge in [-0.05, 0) is 37.5 Å². The van der Waals surface area contributed by atoms with Crippen LogP contribution in [0.25, 0.3) is 0 Å². The summed E-state index contributed by atoms with van der Waals surface area (Å²) in [5.74, 6) is 0.592. The summed E-state index contributed by atoms with van der Waals surface area (Å²) in [6.45, 7) is 1.89. The van der Waals surface area contributed by atoms with Crippen LogP contribution >= 0.6 is 11.6 Å². The summed E-state index contributed by atoms with van der Waals surface area (Å²) in [6, 6.07) is 7.98. The molecule has 3 rings (SSSR count). The van der Waals surface area contributed by atoms with Gasteiger partial charge >= 0.3 is 0 Å². The average molecular weight is 318 g/mol. The molecular weight excluding hydrogens is 298 g/mol. The molecule has 0 amide bonds. The maximum Gasteiger partial charge on any atom is 0.256 e. The molecule has 1 aromatic carbocycles. The van der Waals surface area contributed by atoms with Crippen LogP contribution in [0.1, 0.15) is 42.5 Å². The zero-order valence-corrected chi connectivity index (χ0v) is 13.4. The van der Waals surface area contributed by atoms with Crippen LogP contribution in [-0.4, -0.2) is 16.0 Å². The van der Waals surface area contributed by atoms with Crippen molar-refractivity contribution in [3.05, 3.63) is 56.5 Å². The zero-order chi connectivity index (χ0) is 15.5. The second-order valence-electron chi connectivity index (χ2n) is 5.91. The van der Waals surface area contributed by atoms with Crippen molar-refractivity contribution < 1.29 is 0 Å². The molecule has 0 unspecified atom stereocenters. The monoisotopic (exact) mass is 317 g/mol.